The van der Waals surface area contributed by atoms with Crippen LogP contribution in [-0.2, 0) is 10.0 Å². The average Bonchev–Trinajstić information content (AvgIpc) is 3.17. The number of hydrogen-bond donors (Lipinski definition) is 1. The van der Waals surface area contributed by atoms with Gasteiger partial charge in [0.05, 0.1) is 4.90 Å². The number of carbonyl (C=O) groups is 2. The van der Waals surface area contributed by atoms with Crippen molar-refractivity contribution in [1.29, 1.82) is 0 Å². The first-order chi connectivity index (χ1) is 14.3. The first-order valence-electron chi connectivity index (χ1n) is 9.38. The van der Waals surface area contributed by atoms with Gasteiger partial charge in [-0.05, 0) is 42.8 Å². The van der Waals surface area contributed by atoms with Gasteiger partial charge in [0.1, 0.15) is 13.2 Å². The molecule has 1 fully saturated rings. The lowest BCUT2D eigenvalue weighted by Crippen LogP contribution is -2.33. The Hall–Kier alpha value is -3.27. The lowest BCUT2D eigenvalue weighted by Gasteiger charge is -2.22. The lowest BCUT2D eigenvalue weighted by atomic mass is 10.1. The van der Waals surface area contributed by atoms with E-state index in [4.69, 9.17) is 9.47 Å². The highest BCUT2D eigenvalue weighted by Gasteiger charge is 2.29. The molecule has 2 aliphatic rings. The third-order valence-electron chi connectivity index (χ3n) is 5.05. The van der Waals surface area contributed by atoms with Gasteiger partial charge in [0, 0.05) is 37.5 Å². The molecule has 0 radical (unpaired) electrons. The molecule has 0 atom stereocenters. The Labute approximate surface area is 174 Å². The summed E-state index contributed by atoms with van der Waals surface area (Å²) in [4.78, 5) is 26.3. The summed E-state index contributed by atoms with van der Waals surface area (Å²) in [6, 6.07) is 8.81. The second kappa shape index (κ2) is 7.52. The quantitative estimate of drug-likeness (QED) is 0.791. The third-order valence-corrected chi connectivity index (χ3v) is 6.79. The number of amides is 3. The third kappa shape index (κ3) is 3.43. The van der Waals surface area contributed by atoms with Crippen LogP contribution < -0.4 is 19.7 Å². The lowest BCUT2D eigenvalue weighted by molar-refractivity contribution is 0.0883. The normalized spacial score (nSPS) is 15.7. The molecule has 30 heavy (non-hydrogen) atoms. The predicted octanol–water partition coefficient (Wildman–Crippen LogP) is 1.76. The van der Waals surface area contributed by atoms with Gasteiger partial charge < -0.3 is 14.8 Å². The van der Waals surface area contributed by atoms with E-state index in [0.717, 1.165) is 0 Å². The van der Waals surface area contributed by atoms with E-state index in [1.54, 1.807) is 24.0 Å². The Balaban J connectivity index is 1.60. The summed E-state index contributed by atoms with van der Waals surface area (Å²) >= 11 is 0. The Morgan fingerprint density at radius 2 is 1.83 bits per heavy atom. The van der Waals surface area contributed by atoms with Crippen LogP contribution in [0, 0.1) is 6.92 Å². The Morgan fingerprint density at radius 3 is 2.50 bits per heavy atom. The van der Waals surface area contributed by atoms with Crippen LogP contribution in [0.5, 0.6) is 11.5 Å². The van der Waals surface area contributed by atoms with E-state index in [2.05, 4.69) is 5.32 Å². The van der Waals surface area contributed by atoms with Crippen LogP contribution in [0.3, 0.4) is 0 Å². The minimum absolute atomic E-state index is 0.0651. The van der Waals surface area contributed by atoms with Crippen molar-refractivity contribution in [2.45, 2.75) is 11.8 Å². The summed E-state index contributed by atoms with van der Waals surface area (Å²) in [6.45, 7) is 3.58. The molecular formula is C20H21N3O6S. The fourth-order valence-electron chi connectivity index (χ4n) is 3.43. The maximum atomic E-state index is 13.0. The summed E-state index contributed by atoms with van der Waals surface area (Å²) in [5, 5.41) is 2.72. The van der Waals surface area contributed by atoms with E-state index in [-0.39, 0.29) is 16.5 Å². The molecule has 0 saturated carbocycles. The topological polar surface area (TPSA) is 105 Å². The zero-order valence-electron chi connectivity index (χ0n) is 16.5. The zero-order chi connectivity index (χ0) is 21.5. The van der Waals surface area contributed by atoms with Gasteiger partial charge in [0.2, 0.25) is 0 Å². The number of nitrogens with one attached hydrogen (secondary N) is 1. The highest BCUT2D eigenvalue weighted by molar-refractivity contribution is 7.89. The van der Waals surface area contributed by atoms with Crippen molar-refractivity contribution in [3.8, 4) is 11.5 Å². The number of benzene rings is 2. The number of carbonyl (C=O) groups excluding carboxylic acids is 2. The fraction of sp³-hybridized carbons (Fsp3) is 0.300. The van der Waals surface area contributed by atoms with E-state index in [1.165, 1.54) is 31.3 Å². The molecule has 0 bridgehead atoms. The SMILES string of the molecule is Cc1cc(C(=O)N(C)S(=O)(=O)c2ccc3c(c2)OCCO3)ccc1N1CCNC1=O. The van der Waals surface area contributed by atoms with Crippen LogP contribution in [0.2, 0.25) is 0 Å². The number of urea groups is 1. The molecule has 9 nitrogen and oxygen atoms in total. The summed E-state index contributed by atoms with van der Waals surface area (Å²) in [6.07, 6.45) is 0. The molecule has 2 aromatic carbocycles. The highest BCUT2D eigenvalue weighted by atomic mass is 32.2. The van der Waals surface area contributed by atoms with Crippen LogP contribution in [0.15, 0.2) is 41.3 Å². The summed E-state index contributed by atoms with van der Waals surface area (Å²) in [7, 11) is -2.88. The van der Waals surface area contributed by atoms with Gasteiger partial charge >= 0.3 is 6.03 Å². The largest absolute Gasteiger partial charge is 0.486 e. The van der Waals surface area contributed by atoms with Crippen molar-refractivity contribution in [3.63, 3.8) is 0 Å². The summed E-state index contributed by atoms with van der Waals surface area (Å²) in [5.41, 5.74) is 1.58. The molecule has 4 rings (SSSR count). The van der Waals surface area contributed by atoms with E-state index < -0.39 is 15.9 Å². The van der Waals surface area contributed by atoms with Gasteiger partial charge in [-0.2, -0.15) is 0 Å². The highest BCUT2D eigenvalue weighted by Crippen LogP contribution is 2.33. The molecule has 1 saturated heterocycles. The molecule has 0 unspecified atom stereocenters. The van der Waals surface area contributed by atoms with Crippen molar-refractivity contribution in [2.75, 3.05) is 38.3 Å². The molecule has 2 aromatic rings. The van der Waals surface area contributed by atoms with Gasteiger partial charge in [-0.15, -0.1) is 0 Å². The van der Waals surface area contributed by atoms with E-state index >= 15 is 0 Å². The predicted molar refractivity (Wildman–Crippen MR) is 109 cm³/mol. The smallest absolute Gasteiger partial charge is 0.322 e. The molecule has 2 heterocycles. The molecule has 158 valence electrons. The van der Waals surface area contributed by atoms with Crippen LogP contribution in [0.1, 0.15) is 15.9 Å². The van der Waals surface area contributed by atoms with Crippen molar-refractivity contribution in [1.82, 2.24) is 9.62 Å². The summed E-state index contributed by atoms with van der Waals surface area (Å²) < 4.78 is 37.5. The first kappa shape index (κ1) is 20.0. The van der Waals surface area contributed by atoms with Gasteiger partial charge in [0.15, 0.2) is 11.5 Å². The van der Waals surface area contributed by atoms with E-state index in [9.17, 15) is 18.0 Å². The fourth-order valence-corrected chi connectivity index (χ4v) is 4.56. The molecule has 0 aliphatic carbocycles. The van der Waals surface area contributed by atoms with E-state index in [0.29, 0.717) is 53.4 Å². The number of fused-ring (bicyclic) bond motifs is 1. The van der Waals surface area contributed by atoms with Gasteiger partial charge in [-0.1, -0.05) is 0 Å². The minimum Gasteiger partial charge on any atom is -0.486 e. The molecule has 2 aliphatic heterocycles. The maximum absolute atomic E-state index is 13.0. The van der Waals surface area contributed by atoms with Crippen LogP contribution in [0.25, 0.3) is 0 Å². The van der Waals surface area contributed by atoms with Crippen molar-refractivity contribution in [2.24, 2.45) is 0 Å². The van der Waals surface area contributed by atoms with Crippen LogP contribution in [0.4, 0.5) is 10.5 Å². The number of nitrogens with zero attached hydrogens (tertiary/aromatic N) is 2. The Bertz CT molecular complexity index is 1130. The average molecular weight is 431 g/mol. The van der Waals surface area contributed by atoms with Crippen LogP contribution >= 0.6 is 0 Å². The van der Waals surface area contributed by atoms with Crippen molar-refractivity contribution < 1.29 is 27.5 Å². The standard InChI is InChI=1S/C20H21N3O6S/c1-13-11-14(3-5-16(13)23-8-7-21-20(23)25)19(24)22(2)30(26,27)15-4-6-17-18(12-15)29-10-9-28-17/h3-6,11-12H,7-10H2,1-2H3,(H,21,25). The van der Waals surface area contributed by atoms with Crippen molar-refractivity contribution in [3.05, 3.63) is 47.5 Å². The number of rotatable bonds is 4. The molecule has 10 heteroatoms. The zero-order valence-corrected chi connectivity index (χ0v) is 17.4. The number of anilines is 1. The number of ether oxygens (including phenoxy) is 2. The van der Waals surface area contributed by atoms with E-state index in [1.807, 2.05) is 0 Å². The molecular weight excluding hydrogens is 410 g/mol. The number of aryl methyl sites for hydroxylation is 1. The Morgan fingerprint density at radius 1 is 1.10 bits per heavy atom. The second-order valence-corrected chi connectivity index (χ2v) is 8.94. The van der Waals surface area contributed by atoms with Gasteiger partial charge in [-0.25, -0.2) is 17.5 Å². The van der Waals surface area contributed by atoms with Crippen LogP contribution in [-0.4, -0.2) is 58.0 Å². The maximum Gasteiger partial charge on any atom is 0.322 e. The second-order valence-electron chi connectivity index (χ2n) is 6.97. The number of hydrogen-bond acceptors (Lipinski definition) is 6. The molecule has 3 amide bonds. The minimum atomic E-state index is -4.09. The van der Waals surface area contributed by atoms with Crippen molar-refractivity contribution >= 4 is 27.6 Å². The van der Waals surface area contributed by atoms with Gasteiger partial charge in [0.25, 0.3) is 15.9 Å². The first-order valence-corrected chi connectivity index (χ1v) is 10.8. The van der Waals surface area contributed by atoms with Gasteiger partial charge in [-0.3, -0.25) is 9.69 Å². The monoisotopic (exact) mass is 431 g/mol. The number of sulfonamides is 1. The Kier molecular flexibility index (Phi) is 5.02. The molecule has 0 spiro atoms. The summed E-state index contributed by atoms with van der Waals surface area (Å²) in [5.74, 6) is 0.115. The molecule has 0 aromatic heterocycles. The molecule has 1 N–H and O–H groups in total.